The van der Waals surface area contributed by atoms with Crippen molar-refractivity contribution in [2.45, 2.75) is 19.9 Å². The van der Waals surface area contributed by atoms with Gasteiger partial charge in [0.2, 0.25) is 5.91 Å². The first-order valence-electron chi connectivity index (χ1n) is 9.11. The SMILES string of the molecule is CCOc1ccc(C[NH+]2CCN(C(=O)Cc3ccccc3)CC2)cc1. The molecule has 2 aromatic carbocycles. The monoisotopic (exact) mass is 339 g/mol. The highest BCUT2D eigenvalue weighted by atomic mass is 16.5. The molecule has 1 heterocycles. The molecule has 0 unspecified atom stereocenters. The molecule has 0 saturated carbocycles. The van der Waals surface area contributed by atoms with Crippen molar-refractivity contribution in [1.29, 1.82) is 0 Å². The summed E-state index contributed by atoms with van der Waals surface area (Å²) in [5.74, 6) is 1.17. The van der Waals surface area contributed by atoms with Crippen molar-refractivity contribution < 1.29 is 14.4 Å². The van der Waals surface area contributed by atoms with Crippen molar-refractivity contribution in [3.63, 3.8) is 0 Å². The van der Waals surface area contributed by atoms with Crippen molar-refractivity contribution in [2.75, 3.05) is 32.8 Å². The number of hydrogen-bond donors (Lipinski definition) is 1. The average Bonchev–Trinajstić information content (AvgIpc) is 2.65. The van der Waals surface area contributed by atoms with Crippen molar-refractivity contribution >= 4 is 5.91 Å². The molecule has 4 heteroatoms. The topological polar surface area (TPSA) is 34.0 Å². The molecule has 25 heavy (non-hydrogen) atoms. The molecule has 1 amide bonds. The maximum absolute atomic E-state index is 12.4. The van der Waals surface area contributed by atoms with Crippen LogP contribution >= 0.6 is 0 Å². The van der Waals surface area contributed by atoms with E-state index in [1.165, 1.54) is 10.5 Å². The van der Waals surface area contributed by atoms with Crippen LogP contribution in [0, 0.1) is 0 Å². The smallest absolute Gasteiger partial charge is 0.227 e. The van der Waals surface area contributed by atoms with Crippen LogP contribution in [0.3, 0.4) is 0 Å². The summed E-state index contributed by atoms with van der Waals surface area (Å²) in [4.78, 5) is 16.0. The van der Waals surface area contributed by atoms with E-state index in [1.807, 2.05) is 54.3 Å². The zero-order valence-corrected chi connectivity index (χ0v) is 14.9. The van der Waals surface area contributed by atoms with E-state index >= 15 is 0 Å². The number of benzene rings is 2. The Hall–Kier alpha value is -2.33. The second-order valence-corrected chi connectivity index (χ2v) is 6.55. The highest BCUT2D eigenvalue weighted by Gasteiger charge is 2.23. The van der Waals surface area contributed by atoms with Gasteiger partial charge < -0.3 is 14.5 Å². The Morgan fingerprint density at radius 3 is 2.32 bits per heavy atom. The second-order valence-electron chi connectivity index (χ2n) is 6.55. The van der Waals surface area contributed by atoms with Crippen LogP contribution in [0.15, 0.2) is 54.6 Å². The number of quaternary nitrogens is 1. The number of amides is 1. The molecule has 1 saturated heterocycles. The van der Waals surface area contributed by atoms with Gasteiger partial charge in [-0.05, 0) is 36.8 Å². The van der Waals surface area contributed by atoms with Crippen molar-refractivity contribution in [1.82, 2.24) is 4.90 Å². The lowest BCUT2D eigenvalue weighted by atomic mass is 10.1. The lowest BCUT2D eigenvalue weighted by Crippen LogP contribution is -3.13. The van der Waals surface area contributed by atoms with E-state index in [-0.39, 0.29) is 5.91 Å². The molecule has 3 rings (SSSR count). The van der Waals surface area contributed by atoms with Gasteiger partial charge in [-0.1, -0.05) is 30.3 Å². The van der Waals surface area contributed by atoms with Crippen LogP contribution in [-0.4, -0.2) is 43.6 Å². The molecular weight excluding hydrogens is 312 g/mol. The second kappa shape index (κ2) is 8.67. The fourth-order valence-corrected chi connectivity index (χ4v) is 3.29. The van der Waals surface area contributed by atoms with E-state index in [2.05, 4.69) is 12.1 Å². The average molecular weight is 339 g/mol. The van der Waals surface area contributed by atoms with Crippen LogP contribution in [0.25, 0.3) is 0 Å². The first-order valence-corrected chi connectivity index (χ1v) is 9.11. The molecule has 0 radical (unpaired) electrons. The predicted octanol–water partition coefficient (Wildman–Crippen LogP) is 1.56. The largest absolute Gasteiger partial charge is 0.494 e. The Kier molecular flexibility index (Phi) is 6.07. The van der Waals surface area contributed by atoms with Gasteiger partial charge in [-0.3, -0.25) is 4.79 Å². The summed E-state index contributed by atoms with van der Waals surface area (Å²) in [5, 5.41) is 0. The minimum absolute atomic E-state index is 0.242. The third kappa shape index (κ3) is 5.07. The van der Waals surface area contributed by atoms with Gasteiger partial charge in [-0.15, -0.1) is 0 Å². The molecule has 132 valence electrons. The Morgan fingerprint density at radius 2 is 1.68 bits per heavy atom. The Labute approximate surface area is 150 Å². The Morgan fingerprint density at radius 1 is 1.00 bits per heavy atom. The van der Waals surface area contributed by atoms with Gasteiger partial charge in [0.1, 0.15) is 12.3 Å². The first kappa shape index (κ1) is 17.5. The fraction of sp³-hybridized carbons (Fsp3) is 0.381. The number of nitrogens with zero attached hydrogens (tertiary/aromatic N) is 1. The van der Waals surface area contributed by atoms with E-state index in [0.717, 1.165) is 44.0 Å². The maximum Gasteiger partial charge on any atom is 0.227 e. The summed E-state index contributed by atoms with van der Waals surface area (Å²) in [7, 11) is 0. The minimum atomic E-state index is 0.242. The standard InChI is InChI=1S/C21H26N2O2/c1-2-25-20-10-8-19(9-11-20)17-22-12-14-23(15-13-22)21(24)16-18-6-4-3-5-7-18/h3-11H,2,12-17H2,1H3/p+1. The highest BCUT2D eigenvalue weighted by Crippen LogP contribution is 2.11. The van der Waals surface area contributed by atoms with Gasteiger partial charge >= 0.3 is 0 Å². The summed E-state index contributed by atoms with van der Waals surface area (Å²) >= 11 is 0. The molecule has 0 atom stereocenters. The van der Waals surface area contributed by atoms with Gasteiger partial charge in [0.25, 0.3) is 0 Å². The fourth-order valence-electron chi connectivity index (χ4n) is 3.29. The van der Waals surface area contributed by atoms with E-state index < -0.39 is 0 Å². The molecule has 2 aromatic rings. The van der Waals surface area contributed by atoms with Gasteiger partial charge in [0.05, 0.1) is 39.2 Å². The maximum atomic E-state index is 12.4. The van der Waals surface area contributed by atoms with Crippen molar-refractivity contribution in [3.8, 4) is 5.75 Å². The third-order valence-electron chi connectivity index (χ3n) is 4.71. The summed E-state index contributed by atoms with van der Waals surface area (Å²) in [6.45, 7) is 7.41. The molecule has 1 N–H and O–H groups in total. The van der Waals surface area contributed by atoms with Crippen LogP contribution < -0.4 is 9.64 Å². The quantitative estimate of drug-likeness (QED) is 0.867. The van der Waals surface area contributed by atoms with Crippen molar-refractivity contribution in [2.24, 2.45) is 0 Å². The first-order chi connectivity index (χ1) is 12.2. The van der Waals surface area contributed by atoms with Gasteiger partial charge in [-0.2, -0.15) is 0 Å². The molecule has 4 nitrogen and oxygen atoms in total. The predicted molar refractivity (Wildman–Crippen MR) is 98.7 cm³/mol. The van der Waals surface area contributed by atoms with Crippen LogP contribution in [0.5, 0.6) is 5.75 Å². The third-order valence-corrected chi connectivity index (χ3v) is 4.71. The van der Waals surface area contributed by atoms with Crippen LogP contribution in [0.4, 0.5) is 0 Å². The number of piperazine rings is 1. The van der Waals surface area contributed by atoms with E-state index in [4.69, 9.17) is 4.74 Å². The number of carbonyl (C=O) groups is 1. The zero-order chi connectivity index (χ0) is 17.5. The lowest BCUT2D eigenvalue weighted by molar-refractivity contribution is -0.917. The van der Waals surface area contributed by atoms with Gasteiger partial charge in [-0.25, -0.2) is 0 Å². The van der Waals surface area contributed by atoms with Gasteiger partial charge in [0, 0.05) is 5.56 Å². The highest BCUT2D eigenvalue weighted by molar-refractivity contribution is 5.78. The van der Waals surface area contributed by atoms with Gasteiger partial charge in [0.15, 0.2) is 0 Å². The van der Waals surface area contributed by atoms with Crippen LogP contribution in [-0.2, 0) is 17.8 Å². The molecule has 1 aliphatic rings. The van der Waals surface area contributed by atoms with E-state index in [0.29, 0.717) is 13.0 Å². The lowest BCUT2D eigenvalue weighted by Gasteiger charge is -2.32. The summed E-state index contributed by atoms with van der Waals surface area (Å²) < 4.78 is 5.49. The van der Waals surface area contributed by atoms with E-state index in [9.17, 15) is 4.79 Å². The summed E-state index contributed by atoms with van der Waals surface area (Å²) in [6.07, 6.45) is 0.509. The zero-order valence-electron chi connectivity index (χ0n) is 14.9. The van der Waals surface area contributed by atoms with Crippen LogP contribution in [0.2, 0.25) is 0 Å². The normalized spacial score (nSPS) is 15.2. The minimum Gasteiger partial charge on any atom is -0.494 e. The molecule has 0 bridgehead atoms. The molecule has 1 fully saturated rings. The molecule has 0 spiro atoms. The number of rotatable bonds is 6. The molecule has 0 aromatic heterocycles. The van der Waals surface area contributed by atoms with E-state index in [1.54, 1.807) is 0 Å². The number of carbonyl (C=O) groups excluding carboxylic acids is 1. The Bertz CT molecular complexity index is 662. The Balaban J connectivity index is 1.46. The molecule has 1 aliphatic heterocycles. The summed E-state index contributed by atoms with van der Waals surface area (Å²) in [6, 6.07) is 18.4. The number of hydrogen-bond acceptors (Lipinski definition) is 2. The number of ether oxygens (including phenoxy) is 1. The van der Waals surface area contributed by atoms with Crippen LogP contribution in [0.1, 0.15) is 18.1 Å². The summed E-state index contributed by atoms with van der Waals surface area (Å²) in [5.41, 5.74) is 2.42. The molecular formula is C21H27N2O2+. The molecule has 0 aliphatic carbocycles. The van der Waals surface area contributed by atoms with Crippen molar-refractivity contribution in [3.05, 3.63) is 65.7 Å². The number of nitrogens with one attached hydrogen (secondary N) is 1.